The van der Waals surface area contributed by atoms with Crippen LogP contribution in [0.3, 0.4) is 0 Å². The van der Waals surface area contributed by atoms with Gasteiger partial charge in [-0.05, 0) is 37.6 Å². The Morgan fingerprint density at radius 2 is 1.83 bits per heavy atom. The monoisotopic (exact) mass is 366 g/mol. The molecule has 0 aliphatic heterocycles. The molecular weight excluding hydrogens is 348 g/mol. The van der Waals surface area contributed by atoms with Crippen molar-refractivity contribution in [3.05, 3.63) is 58.6 Å². The summed E-state index contributed by atoms with van der Waals surface area (Å²) in [6, 6.07) is 11.9. The largest absolute Gasteiger partial charge is 0.326 e. The van der Waals surface area contributed by atoms with Gasteiger partial charge in [-0.25, -0.2) is 13.1 Å². The molecule has 5 nitrogen and oxygen atoms in total. The van der Waals surface area contributed by atoms with Crippen molar-refractivity contribution >= 4 is 33.2 Å². The van der Waals surface area contributed by atoms with Crippen molar-refractivity contribution in [2.45, 2.75) is 25.2 Å². The molecule has 128 valence electrons. The van der Waals surface area contributed by atoms with Crippen molar-refractivity contribution in [3.8, 4) is 0 Å². The van der Waals surface area contributed by atoms with Crippen LogP contribution in [0.4, 0.5) is 5.69 Å². The predicted molar refractivity (Wildman–Crippen MR) is 95.8 cm³/mol. The number of benzene rings is 2. The average molecular weight is 367 g/mol. The Balaban J connectivity index is 1.92. The molecule has 0 aromatic heterocycles. The van der Waals surface area contributed by atoms with Crippen molar-refractivity contribution in [1.82, 2.24) is 4.72 Å². The smallest absolute Gasteiger partial charge is 0.242 e. The fourth-order valence-corrected chi connectivity index (χ4v) is 3.76. The molecule has 2 rings (SSSR count). The minimum Gasteiger partial charge on any atom is -0.326 e. The van der Waals surface area contributed by atoms with Gasteiger partial charge in [0.25, 0.3) is 0 Å². The molecule has 0 aliphatic rings. The van der Waals surface area contributed by atoms with Crippen LogP contribution >= 0.6 is 11.6 Å². The van der Waals surface area contributed by atoms with Crippen LogP contribution in [-0.4, -0.2) is 20.9 Å². The first-order valence-corrected chi connectivity index (χ1v) is 9.27. The number of halogens is 1. The van der Waals surface area contributed by atoms with Crippen LogP contribution in [0.25, 0.3) is 0 Å². The lowest BCUT2D eigenvalue weighted by Crippen LogP contribution is -2.28. The zero-order chi connectivity index (χ0) is 17.7. The molecular formula is C17H19ClN2O3S. The van der Waals surface area contributed by atoms with Gasteiger partial charge >= 0.3 is 0 Å². The number of anilines is 1. The van der Waals surface area contributed by atoms with Gasteiger partial charge < -0.3 is 5.32 Å². The Bertz CT molecular complexity index is 851. The molecule has 0 unspecified atom stereocenters. The maximum atomic E-state index is 12.2. The van der Waals surface area contributed by atoms with Gasteiger partial charge in [-0.3, -0.25) is 4.79 Å². The van der Waals surface area contributed by atoms with E-state index in [1.165, 1.54) is 12.1 Å². The lowest BCUT2D eigenvalue weighted by atomic mass is 10.1. The number of nitrogens with one attached hydrogen (secondary N) is 2. The molecule has 0 spiro atoms. The standard InChI is InChI=1S/C17H19ClN2O3S/c1-12-7-8-15(13(2)11-12)20-17(21)9-10-19-24(22,23)16-6-4-3-5-14(16)18/h3-8,11,19H,9-10H2,1-2H3,(H,20,21). The van der Waals surface area contributed by atoms with E-state index < -0.39 is 10.0 Å². The Hall–Kier alpha value is -1.89. The lowest BCUT2D eigenvalue weighted by molar-refractivity contribution is -0.116. The van der Waals surface area contributed by atoms with Crippen LogP contribution < -0.4 is 10.0 Å². The van der Waals surface area contributed by atoms with Gasteiger partial charge in [0.2, 0.25) is 15.9 Å². The first kappa shape index (κ1) is 18.4. The lowest BCUT2D eigenvalue weighted by Gasteiger charge is -2.10. The highest BCUT2D eigenvalue weighted by atomic mass is 35.5. The molecule has 0 saturated heterocycles. The summed E-state index contributed by atoms with van der Waals surface area (Å²) in [6.45, 7) is 3.87. The zero-order valence-electron chi connectivity index (χ0n) is 13.5. The maximum Gasteiger partial charge on any atom is 0.242 e. The Morgan fingerprint density at radius 1 is 1.12 bits per heavy atom. The van der Waals surface area contributed by atoms with Gasteiger partial charge in [0, 0.05) is 18.7 Å². The maximum absolute atomic E-state index is 12.2. The number of amides is 1. The third-order valence-corrected chi connectivity index (χ3v) is 5.39. The molecule has 0 heterocycles. The third kappa shape index (κ3) is 4.80. The molecule has 0 aliphatic carbocycles. The van der Waals surface area contributed by atoms with Crippen molar-refractivity contribution < 1.29 is 13.2 Å². The minimum absolute atomic E-state index is 0.00135. The summed E-state index contributed by atoms with van der Waals surface area (Å²) in [5.41, 5.74) is 2.79. The summed E-state index contributed by atoms with van der Waals surface area (Å²) in [5.74, 6) is -0.260. The zero-order valence-corrected chi connectivity index (χ0v) is 15.0. The van der Waals surface area contributed by atoms with Crippen molar-refractivity contribution in [2.75, 3.05) is 11.9 Å². The van der Waals surface area contributed by atoms with E-state index in [9.17, 15) is 13.2 Å². The van der Waals surface area contributed by atoms with E-state index in [1.54, 1.807) is 12.1 Å². The van der Waals surface area contributed by atoms with Gasteiger partial charge in [-0.15, -0.1) is 0 Å². The Kier molecular flexibility index (Phi) is 5.99. The fraction of sp³-hybridized carbons (Fsp3) is 0.235. The highest BCUT2D eigenvalue weighted by Crippen LogP contribution is 2.20. The number of sulfonamides is 1. The van der Waals surface area contributed by atoms with E-state index in [-0.39, 0.29) is 28.8 Å². The molecule has 1 amide bonds. The third-order valence-electron chi connectivity index (χ3n) is 3.43. The molecule has 2 aromatic carbocycles. The normalized spacial score (nSPS) is 11.3. The molecule has 0 radical (unpaired) electrons. The van der Waals surface area contributed by atoms with E-state index in [0.717, 1.165) is 16.8 Å². The predicted octanol–water partition coefficient (Wildman–Crippen LogP) is 3.26. The number of aryl methyl sites for hydroxylation is 2. The summed E-state index contributed by atoms with van der Waals surface area (Å²) in [7, 11) is -3.74. The highest BCUT2D eigenvalue weighted by molar-refractivity contribution is 7.89. The first-order valence-electron chi connectivity index (χ1n) is 7.41. The first-order chi connectivity index (χ1) is 11.3. The van der Waals surface area contributed by atoms with Crippen LogP contribution in [0.15, 0.2) is 47.4 Å². The van der Waals surface area contributed by atoms with Crippen LogP contribution in [-0.2, 0) is 14.8 Å². The second-order valence-corrected chi connectivity index (χ2v) is 7.59. The average Bonchev–Trinajstić information content (AvgIpc) is 2.50. The minimum atomic E-state index is -3.74. The molecule has 2 N–H and O–H groups in total. The van der Waals surface area contributed by atoms with Gasteiger partial charge in [0.1, 0.15) is 4.90 Å². The van der Waals surface area contributed by atoms with Crippen LogP contribution in [0.5, 0.6) is 0 Å². The van der Waals surface area contributed by atoms with Crippen LogP contribution in [0.2, 0.25) is 5.02 Å². The van der Waals surface area contributed by atoms with Crippen molar-refractivity contribution in [2.24, 2.45) is 0 Å². The molecule has 0 atom stereocenters. The molecule has 24 heavy (non-hydrogen) atoms. The molecule has 7 heteroatoms. The quantitative estimate of drug-likeness (QED) is 0.823. The van der Waals surface area contributed by atoms with Gasteiger partial charge in [-0.2, -0.15) is 0 Å². The fourth-order valence-electron chi connectivity index (χ4n) is 2.21. The number of carbonyl (C=O) groups excluding carboxylic acids is 1. The Morgan fingerprint density at radius 3 is 2.50 bits per heavy atom. The van der Waals surface area contributed by atoms with Gasteiger partial charge in [0.05, 0.1) is 5.02 Å². The second kappa shape index (κ2) is 7.79. The van der Waals surface area contributed by atoms with Gasteiger partial charge in [-0.1, -0.05) is 41.4 Å². The second-order valence-electron chi connectivity index (χ2n) is 5.44. The number of carbonyl (C=O) groups is 1. The van der Waals surface area contributed by atoms with Crippen LogP contribution in [0.1, 0.15) is 17.5 Å². The summed E-state index contributed by atoms with van der Waals surface area (Å²) < 4.78 is 26.7. The molecule has 0 bridgehead atoms. The molecule has 0 saturated carbocycles. The van der Waals surface area contributed by atoms with E-state index in [1.807, 2.05) is 32.0 Å². The molecule has 2 aromatic rings. The molecule has 0 fully saturated rings. The van der Waals surface area contributed by atoms with E-state index in [4.69, 9.17) is 11.6 Å². The summed E-state index contributed by atoms with van der Waals surface area (Å²) in [5, 5.41) is 2.92. The number of hydrogen-bond acceptors (Lipinski definition) is 3. The van der Waals surface area contributed by atoms with Crippen molar-refractivity contribution in [3.63, 3.8) is 0 Å². The van der Waals surface area contributed by atoms with Crippen LogP contribution in [0, 0.1) is 13.8 Å². The van der Waals surface area contributed by atoms with E-state index >= 15 is 0 Å². The summed E-state index contributed by atoms with van der Waals surface area (Å²) >= 11 is 5.89. The Labute approximate surface area is 147 Å². The number of hydrogen-bond donors (Lipinski definition) is 2. The number of rotatable bonds is 6. The summed E-state index contributed by atoms with van der Waals surface area (Å²) in [4.78, 5) is 12.0. The van der Waals surface area contributed by atoms with Crippen molar-refractivity contribution in [1.29, 1.82) is 0 Å². The summed E-state index contributed by atoms with van der Waals surface area (Å²) in [6.07, 6.45) is 0.0248. The topological polar surface area (TPSA) is 75.3 Å². The SMILES string of the molecule is Cc1ccc(NC(=O)CCNS(=O)(=O)c2ccccc2Cl)c(C)c1. The van der Waals surface area contributed by atoms with Gasteiger partial charge in [0.15, 0.2) is 0 Å². The highest BCUT2D eigenvalue weighted by Gasteiger charge is 2.17. The van der Waals surface area contributed by atoms with E-state index in [2.05, 4.69) is 10.0 Å². The van der Waals surface area contributed by atoms with E-state index in [0.29, 0.717) is 0 Å².